The molecule has 0 aliphatic carbocycles. The minimum atomic E-state index is -0.510. The average molecular weight is 304 g/mol. The molecule has 0 unspecified atom stereocenters. The topological polar surface area (TPSA) is 87.6 Å². The maximum absolute atomic E-state index is 11.0. The molecule has 22 heavy (non-hydrogen) atoms. The van der Waals surface area contributed by atoms with Crippen LogP contribution in [0.1, 0.15) is 23.9 Å². The summed E-state index contributed by atoms with van der Waals surface area (Å²) in [5.41, 5.74) is 0.909. The molecule has 0 amide bonds. The van der Waals surface area contributed by atoms with Crippen LogP contribution in [0.5, 0.6) is 11.5 Å². The fraction of sp³-hybridized carbons (Fsp3) is 0.267. The van der Waals surface area contributed by atoms with Gasteiger partial charge in [-0.25, -0.2) is 0 Å². The molecule has 0 radical (unpaired) electrons. The van der Waals surface area contributed by atoms with Gasteiger partial charge in [-0.05, 0) is 37.6 Å². The molecule has 0 atom stereocenters. The number of aromatic nitrogens is 1. The molecular formula is C15H16N2O5. The molecular weight excluding hydrogens is 288 g/mol. The molecule has 7 heteroatoms. The van der Waals surface area contributed by atoms with Crippen molar-refractivity contribution in [1.82, 2.24) is 5.16 Å². The zero-order chi connectivity index (χ0) is 16.1. The highest BCUT2D eigenvalue weighted by Gasteiger charge is 2.21. The number of hydrogen-bond acceptors (Lipinski definition) is 6. The Bertz CT molecular complexity index is 706. The van der Waals surface area contributed by atoms with E-state index in [0.29, 0.717) is 18.1 Å². The lowest BCUT2D eigenvalue weighted by Crippen LogP contribution is -1.95. The van der Waals surface area contributed by atoms with E-state index in [1.165, 1.54) is 13.0 Å². The third-order valence-electron chi connectivity index (χ3n) is 2.95. The maximum atomic E-state index is 11.0. The normalized spacial score (nSPS) is 10.9. The van der Waals surface area contributed by atoms with E-state index < -0.39 is 4.92 Å². The van der Waals surface area contributed by atoms with Gasteiger partial charge in [-0.1, -0.05) is 17.3 Å². The first-order valence-corrected chi connectivity index (χ1v) is 6.66. The summed E-state index contributed by atoms with van der Waals surface area (Å²) in [6, 6.07) is 5.37. The summed E-state index contributed by atoms with van der Waals surface area (Å²) < 4.78 is 15.6. The van der Waals surface area contributed by atoms with Gasteiger partial charge in [-0.2, -0.15) is 0 Å². The first-order valence-electron chi connectivity index (χ1n) is 6.66. The number of hydrogen-bond donors (Lipinski definition) is 0. The number of nitrogens with zero attached hydrogens (tertiary/aromatic N) is 2. The predicted molar refractivity (Wildman–Crippen MR) is 81.0 cm³/mol. The van der Waals surface area contributed by atoms with Gasteiger partial charge in [0.15, 0.2) is 17.2 Å². The van der Waals surface area contributed by atoms with E-state index >= 15 is 0 Å². The number of ether oxygens (including phenoxy) is 2. The largest absolute Gasteiger partial charge is 0.493 e. The first-order chi connectivity index (χ1) is 10.6. The lowest BCUT2D eigenvalue weighted by molar-refractivity contribution is -0.386. The Morgan fingerprint density at radius 3 is 2.77 bits per heavy atom. The molecule has 7 nitrogen and oxygen atoms in total. The Balaban J connectivity index is 2.29. The molecule has 0 fully saturated rings. The number of aryl methyl sites for hydroxylation is 1. The van der Waals surface area contributed by atoms with E-state index in [1.54, 1.807) is 25.3 Å². The van der Waals surface area contributed by atoms with E-state index in [2.05, 4.69) is 5.16 Å². The van der Waals surface area contributed by atoms with Gasteiger partial charge in [0.25, 0.3) is 0 Å². The summed E-state index contributed by atoms with van der Waals surface area (Å²) in [5.74, 6) is 1.34. The highest BCUT2D eigenvalue weighted by atomic mass is 16.6. The number of rotatable bonds is 6. The van der Waals surface area contributed by atoms with Crippen LogP contribution in [0.3, 0.4) is 0 Å². The van der Waals surface area contributed by atoms with Crippen molar-refractivity contribution in [2.45, 2.75) is 13.8 Å². The van der Waals surface area contributed by atoms with E-state index in [-0.39, 0.29) is 17.1 Å². The molecule has 0 saturated heterocycles. The van der Waals surface area contributed by atoms with Crippen molar-refractivity contribution in [1.29, 1.82) is 0 Å². The Hall–Kier alpha value is -2.83. The van der Waals surface area contributed by atoms with Crippen LogP contribution in [0.4, 0.5) is 5.69 Å². The summed E-state index contributed by atoms with van der Waals surface area (Å²) in [4.78, 5) is 10.5. The minimum Gasteiger partial charge on any atom is -0.493 e. The van der Waals surface area contributed by atoms with Crippen LogP contribution in [-0.4, -0.2) is 23.8 Å². The Kier molecular flexibility index (Phi) is 4.77. The molecule has 2 rings (SSSR count). The van der Waals surface area contributed by atoms with Crippen LogP contribution in [-0.2, 0) is 0 Å². The summed E-state index contributed by atoms with van der Waals surface area (Å²) in [6.45, 7) is 3.95. The smallest absolute Gasteiger partial charge is 0.338 e. The molecule has 1 heterocycles. The van der Waals surface area contributed by atoms with Crippen LogP contribution < -0.4 is 9.47 Å². The van der Waals surface area contributed by atoms with Gasteiger partial charge >= 0.3 is 5.69 Å². The molecule has 0 saturated carbocycles. The van der Waals surface area contributed by atoms with Crippen molar-refractivity contribution in [2.24, 2.45) is 0 Å². The lowest BCUT2D eigenvalue weighted by Gasteiger charge is -2.09. The van der Waals surface area contributed by atoms with Gasteiger partial charge < -0.3 is 14.0 Å². The predicted octanol–water partition coefficient (Wildman–Crippen LogP) is 3.47. The second-order valence-corrected chi connectivity index (χ2v) is 4.41. The highest BCUT2D eigenvalue weighted by Crippen LogP contribution is 2.29. The SMILES string of the molecule is CCOc1ccc(/C=C/c2onc(C)c2[N+](=O)[O-])cc1OC. The zero-order valence-electron chi connectivity index (χ0n) is 12.5. The fourth-order valence-corrected chi connectivity index (χ4v) is 1.95. The number of benzene rings is 1. The number of methoxy groups -OCH3 is 1. The standard InChI is InChI=1S/C15H16N2O5/c1-4-21-12-7-5-11(9-14(12)20-3)6-8-13-15(17(18)19)10(2)16-22-13/h5-9H,4H2,1-3H3/b8-6+. The van der Waals surface area contributed by atoms with Gasteiger partial charge in [0, 0.05) is 0 Å². The quantitative estimate of drug-likeness (QED) is 0.600. The van der Waals surface area contributed by atoms with E-state index in [0.717, 1.165) is 5.56 Å². The minimum absolute atomic E-state index is 0.107. The van der Waals surface area contributed by atoms with Crippen molar-refractivity contribution in [3.63, 3.8) is 0 Å². The second kappa shape index (κ2) is 6.75. The van der Waals surface area contributed by atoms with Crippen molar-refractivity contribution < 1.29 is 18.9 Å². The summed E-state index contributed by atoms with van der Waals surface area (Å²) in [6.07, 6.45) is 3.19. The molecule has 0 bridgehead atoms. The second-order valence-electron chi connectivity index (χ2n) is 4.41. The maximum Gasteiger partial charge on any atom is 0.338 e. The summed E-state index contributed by atoms with van der Waals surface area (Å²) >= 11 is 0. The Morgan fingerprint density at radius 2 is 2.14 bits per heavy atom. The van der Waals surface area contributed by atoms with Crippen molar-refractivity contribution >= 4 is 17.8 Å². The van der Waals surface area contributed by atoms with Crippen LogP contribution >= 0.6 is 0 Å². The molecule has 116 valence electrons. The van der Waals surface area contributed by atoms with E-state index in [1.807, 2.05) is 13.0 Å². The van der Waals surface area contributed by atoms with Gasteiger partial charge in [-0.3, -0.25) is 10.1 Å². The van der Waals surface area contributed by atoms with Crippen LogP contribution in [0.15, 0.2) is 22.7 Å². The molecule has 0 N–H and O–H groups in total. The zero-order valence-corrected chi connectivity index (χ0v) is 12.5. The third-order valence-corrected chi connectivity index (χ3v) is 2.95. The van der Waals surface area contributed by atoms with Gasteiger partial charge in [0.1, 0.15) is 0 Å². The molecule has 1 aromatic heterocycles. The first kappa shape index (κ1) is 15.6. The Labute approximate surface area is 127 Å². The van der Waals surface area contributed by atoms with Crippen LogP contribution in [0.25, 0.3) is 12.2 Å². The van der Waals surface area contributed by atoms with Gasteiger partial charge in [-0.15, -0.1) is 0 Å². The average Bonchev–Trinajstić information content (AvgIpc) is 2.87. The monoisotopic (exact) mass is 304 g/mol. The van der Waals surface area contributed by atoms with Crippen LogP contribution in [0, 0.1) is 17.0 Å². The lowest BCUT2D eigenvalue weighted by atomic mass is 10.1. The summed E-state index contributed by atoms with van der Waals surface area (Å²) in [5, 5.41) is 14.6. The highest BCUT2D eigenvalue weighted by molar-refractivity contribution is 5.72. The third kappa shape index (κ3) is 3.25. The summed E-state index contributed by atoms with van der Waals surface area (Å²) in [7, 11) is 1.55. The molecule has 1 aromatic carbocycles. The van der Waals surface area contributed by atoms with E-state index in [4.69, 9.17) is 14.0 Å². The van der Waals surface area contributed by atoms with Gasteiger partial charge in [0.05, 0.1) is 18.6 Å². The number of nitro groups is 1. The molecule has 0 aliphatic rings. The van der Waals surface area contributed by atoms with Crippen LogP contribution in [0.2, 0.25) is 0 Å². The molecule has 0 spiro atoms. The van der Waals surface area contributed by atoms with Crippen molar-refractivity contribution in [2.75, 3.05) is 13.7 Å². The Morgan fingerprint density at radius 1 is 1.36 bits per heavy atom. The molecule has 0 aliphatic heterocycles. The van der Waals surface area contributed by atoms with Gasteiger partial charge in [0.2, 0.25) is 5.76 Å². The fourth-order valence-electron chi connectivity index (χ4n) is 1.95. The molecule has 2 aromatic rings. The van der Waals surface area contributed by atoms with Crippen molar-refractivity contribution in [3.8, 4) is 11.5 Å². The van der Waals surface area contributed by atoms with Crippen molar-refractivity contribution in [3.05, 3.63) is 45.3 Å². The van der Waals surface area contributed by atoms with E-state index in [9.17, 15) is 10.1 Å².